The average molecular weight is 232 g/mol. The normalized spacial score (nSPS) is 41.5. The summed E-state index contributed by atoms with van der Waals surface area (Å²) in [6, 6.07) is 0.934. The van der Waals surface area contributed by atoms with Crippen LogP contribution in [0.4, 0.5) is 0 Å². The quantitative estimate of drug-likeness (QED) is 0.633. The fourth-order valence-electron chi connectivity index (χ4n) is 4.76. The van der Waals surface area contributed by atoms with E-state index < -0.39 is 0 Å². The molecule has 3 atom stereocenters. The second kappa shape index (κ2) is 4.01. The van der Waals surface area contributed by atoms with Crippen LogP contribution in [0.15, 0.2) is 11.8 Å². The van der Waals surface area contributed by atoms with Crippen LogP contribution in [0.1, 0.15) is 38.5 Å². The first kappa shape index (κ1) is 10.4. The molecule has 0 spiro atoms. The minimum Gasteiger partial charge on any atom is -0.374 e. The summed E-state index contributed by atoms with van der Waals surface area (Å²) in [7, 11) is 0. The fourth-order valence-corrected chi connectivity index (χ4v) is 4.76. The van der Waals surface area contributed by atoms with Gasteiger partial charge in [-0.1, -0.05) is 12.5 Å². The van der Waals surface area contributed by atoms with Gasteiger partial charge in [0.1, 0.15) is 0 Å². The van der Waals surface area contributed by atoms with E-state index in [9.17, 15) is 0 Å². The van der Waals surface area contributed by atoms with Crippen molar-refractivity contribution < 1.29 is 0 Å². The van der Waals surface area contributed by atoms with Crippen LogP contribution in [0.2, 0.25) is 0 Å². The maximum atomic E-state index is 2.83. The number of rotatable bonds is 0. The van der Waals surface area contributed by atoms with Crippen molar-refractivity contribution in [3.8, 4) is 0 Å². The lowest BCUT2D eigenvalue weighted by atomic mass is 9.74. The first-order chi connectivity index (χ1) is 8.42. The van der Waals surface area contributed by atoms with Crippen LogP contribution in [0.5, 0.6) is 0 Å². The largest absolute Gasteiger partial charge is 0.374 e. The van der Waals surface area contributed by atoms with Crippen molar-refractivity contribution in [3.05, 3.63) is 11.8 Å². The highest BCUT2D eigenvalue weighted by atomic mass is 15.2. The van der Waals surface area contributed by atoms with Gasteiger partial charge in [-0.2, -0.15) is 0 Å². The first-order valence-corrected chi connectivity index (χ1v) is 7.61. The topological polar surface area (TPSA) is 6.48 Å². The molecule has 3 fully saturated rings. The Morgan fingerprint density at radius 1 is 1.06 bits per heavy atom. The molecule has 4 aliphatic rings. The van der Waals surface area contributed by atoms with E-state index in [0.717, 1.165) is 17.9 Å². The molecule has 2 bridgehead atoms. The minimum atomic E-state index is 0.878. The maximum absolute atomic E-state index is 2.83. The van der Waals surface area contributed by atoms with Crippen LogP contribution in [0.3, 0.4) is 0 Å². The van der Waals surface area contributed by atoms with Crippen molar-refractivity contribution >= 4 is 0 Å². The van der Waals surface area contributed by atoms with Crippen molar-refractivity contribution in [1.29, 1.82) is 0 Å². The van der Waals surface area contributed by atoms with Gasteiger partial charge < -0.3 is 4.90 Å². The fraction of sp³-hybridized carbons (Fsp3) is 0.867. The summed E-state index contributed by atoms with van der Waals surface area (Å²) >= 11 is 0. The summed E-state index contributed by atoms with van der Waals surface area (Å²) in [5, 5.41) is 0. The van der Waals surface area contributed by atoms with E-state index in [1.165, 1.54) is 64.7 Å². The van der Waals surface area contributed by atoms with Crippen LogP contribution in [-0.4, -0.2) is 42.0 Å². The van der Waals surface area contributed by atoms with E-state index in [2.05, 4.69) is 15.9 Å². The summed E-state index contributed by atoms with van der Waals surface area (Å²) in [5.41, 5.74) is 1.72. The molecule has 0 aromatic rings. The van der Waals surface area contributed by atoms with Gasteiger partial charge in [0.15, 0.2) is 0 Å². The molecule has 2 heteroatoms. The van der Waals surface area contributed by atoms with Crippen LogP contribution in [0.25, 0.3) is 0 Å². The molecule has 0 amide bonds. The Kier molecular flexibility index (Phi) is 2.46. The smallest absolute Gasteiger partial charge is 0.0218 e. The lowest BCUT2D eigenvalue weighted by Crippen LogP contribution is -2.58. The molecule has 0 aromatic heterocycles. The second-order valence-electron chi connectivity index (χ2n) is 6.47. The molecule has 0 saturated carbocycles. The molecule has 4 heterocycles. The van der Waals surface area contributed by atoms with Gasteiger partial charge in [-0.25, -0.2) is 0 Å². The molecular weight excluding hydrogens is 208 g/mol. The zero-order chi connectivity index (χ0) is 11.2. The minimum absolute atomic E-state index is 0.878. The Morgan fingerprint density at radius 2 is 2.06 bits per heavy atom. The summed E-state index contributed by atoms with van der Waals surface area (Å²) in [6.07, 6.45) is 11.2. The summed E-state index contributed by atoms with van der Waals surface area (Å²) in [5.74, 6) is 1.85. The molecule has 0 radical (unpaired) electrons. The standard InChI is InChI=1S/C15H24N2/c1-3-7-16-11-13-9-12(14(16)5-1)10-17-8-4-2-6-15(13)17/h5,12-13,15H,1-4,6-11H2/t12-,13-,15?/m1/s1. The van der Waals surface area contributed by atoms with E-state index in [1.54, 1.807) is 5.70 Å². The van der Waals surface area contributed by atoms with E-state index >= 15 is 0 Å². The molecule has 4 aliphatic heterocycles. The van der Waals surface area contributed by atoms with Crippen LogP contribution in [-0.2, 0) is 0 Å². The Balaban J connectivity index is 1.62. The van der Waals surface area contributed by atoms with E-state index in [-0.39, 0.29) is 0 Å². The number of nitrogens with zero attached hydrogens (tertiary/aromatic N) is 2. The van der Waals surface area contributed by atoms with Gasteiger partial charge in [0.2, 0.25) is 0 Å². The number of hydrogen-bond acceptors (Lipinski definition) is 2. The number of fused-ring (bicyclic) bond motifs is 6. The van der Waals surface area contributed by atoms with E-state index in [4.69, 9.17) is 0 Å². The molecule has 17 heavy (non-hydrogen) atoms. The van der Waals surface area contributed by atoms with E-state index in [1.807, 2.05) is 0 Å². The number of hydrogen-bond donors (Lipinski definition) is 0. The monoisotopic (exact) mass is 232 g/mol. The summed E-state index contributed by atoms with van der Waals surface area (Å²) < 4.78 is 0. The van der Waals surface area contributed by atoms with Crippen molar-refractivity contribution in [1.82, 2.24) is 9.80 Å². The number of piperidine rings is 3. The highest BCUT2D eigenvalue weighted by Gasteiger charge is 2.43. The summed E-state index contributed by atoms with van der Waals surface area (Å²) in [4.78, 5) is 5.56. The third-order valence-electron chi connectivity index (χ3n) is 5.47. The molecule has 0 N–H and O–H groups in total. The van der Waals surface area contributed by atoms with Crippen molar-refractivity contribution in [2.45, 2.75) is 44.6 Å². The lowest BCUT2D eigenvalue weighted by molar-refractivity contribution is -0.00969. The molecule has 94 valence electrons. The van der Waals surface area contributed by atoms with Crippen LogP contribution >= 0.6 is 0 Å². The average Bonchev–Trinajstić information content (AvgIpc) is 2.39. The third-order valence-corrected chi connectivity index (χ3v) is 5.47. The SMILES string of the molecule is C1=C2[C@@H]3C[C@H](CN2CCC1)C1CCCCN1C3. The van der Waals surface area contributed by atoms with Gasteiger partial charge in [-0.15, -0.1) is 0 Å². The Labute approximate surface area is 105 Å². The predicted molar refractivity (Wildman–Crippen MR) is 69.7 cm³/mol. The van der Waals surface area contributed by atoms with Gasteiger partial charge in [0.25, 0.3) is 0 Å². The highest BCUT2D eigenvalue weighted by Crippen LogP contribution is 2.42. The lowest BCUT2D eigenvalue weighted by Gasteiger charge is -2.54. The summed E-state index contributed by atoms with van der Waals surface area (Å²) in [6.45, 7) is 5.45. The Hall–Kier alpha value is -0.500. The zero-order valence-corrected chi connectivity index (χ0v) is 10.8. The highest BCUT2D eigenvalue weighted by molar-refractivity contribution is 5.16. The molecule has 0 aliphatic carbocycles. The van der Waals surface area contributed by atoms with Gasteiger partial charge in [-0.3, -0.25) is 4.90 Å². The van der Waals surface area contributed by atoms with Crippen LogP contribution < -0.4 is 0 Å². The molecule has 0 aromatic carbocycles. The van der Waals surface area contributed by atoms with Gasteiger partial charge in [-0.05, 0) is 44.6 Å². The van der Waals surface area contributed by atoms with Crippen molar-refractivity contribution in [2.24, 2.45) is 11.8 Å². The van der Waals surface area contributed by atoms with Gasteiger partial charge in [0.05, 0.1) is 0 Å². The van der Waals surface area contributed by atoms with E-state index in [0.29, 0.717) is 0 Å². The second-order valence-corrected chi connectivity index (χ2v) is 6.47. The molecule has 3 saturated heterocycles. The Bertz CT molecular complexity index is 336. The molecule has 2 nitrogen and oxygen atoms in total. The Morgan fingerprint density at radius 3 is 3.06 bits per heavy atom. The molecular formula is C15H24N2. The van der Waals surface area contributed by atoms with Crippen molar-refractivity contribution in [2.75, 3.05) is 26.2 Å². The van der Waals surface area contributed by atoms with Gasteiger partial charge >= 0.3 is 0 Å². The zero-order valence-electron chi connectivity index (χ0n) is 10.8. The third kappa shape index (κ3) is 1.64. The number of allylic oxidation sites excluding steroid dienone is 1. The molecule has 1 unspecified atom stereocenters. The predicted octanol–water partition coefficient (Wildman–Crippen LogP) is 2.47. The molecule has 4 rings (SSSR count). The first-order valence-electron chi connectivity index (χ1n) is 7.61. The van der Waals surface area contributed by atoms with Crippen molar-refractivity contribution in [3.63, 3.8) is 0 Å². The van der Waals surface area contributed by atoms with Gasteiger partial charge in [0, 0.05) is 37.3 Å². The van der Waals surface area contributed by atoms with Crippen LogP contribution in [0, 0.1) is 11.8 Å². The maximum Gasteiger partial charge on any atom is 0.0218 e.